The molecule has 1 saturated heterocycles. The van der Waals surface area contributed by atoms with Gasteiger partial charge in [0.15, 0.2) is 0 Å². The monoisotopic (exact) mass is 490 g/mol. The molecule has 1 amide bonds. The predicted molar refractivity (Wildman–Crippen MR) is 141 cm³/mol. The smallest absolute Gasteiger partial charge is 0.270 e. The van der Waals surface area contributed by atoms with Gasteiger partial charge in [-0.05, 0) is 38.0 Å². The maximum absolute atomic E-state index is 12.9. The summed E-state index contributed by atoms with van der Waals surface area (Å²) in [6.45, 7) is 5.13. The highest BCUT2D eigenvalue weighted by molar-refractivity contribution is 5.97. The van der Waals surface area contributed by atoms with Gasteiger partial charge in [0.05, 0.1) is 11.9 Å². The zero-order valence-electron chi connectivity index (χ0n) is 21.2. The highest BCUT2D eigenvalue weighted by Gasteiger charge is 2.26. The number of aliphatic hydroxyl groups excluding tert-OH is 1. The van der Waals surface area contributed by atoms with Crippen molar-refractivity contribution in [3.63, 3.8) is 0 Å². The number of aromatic nitrogens is 4. The van der Waals surface area contributed by atoms with Crippen molar-refractivity contribution >= 4 is 34.4 Å². The van der Waals surface area contributed by atoms with Gasteiger partial charge in [-0.1, -0.05) is 12.8 Å². The third-order valence-electron chi connectivity index (χ3n) is 6.93. The van der Waals surface area contributed by atoms with E-state index < -0.39 is 0 Å². The molecule has 0 unspecified atom stereocenters. The van der Waals surface area contributed by atoms with Crippen LogP contribution >= 0.6 is 0 Å². The summed E-state index contributed by atoms with van der Waals surface area (Å²) in [5.74, 6) is 1.44. The van der Waals surface area contributed by atoms with Crippen molar-refractivity contribution in [1.82, 2.24) is 29.3 Å². The Bertz CT molecular complexity index is 1250. The zero-order valence-corrected chi connectivity index (χ0v) is 21.2. The minimum Gasteiger partial charge on any atom is -0.511 e. The fourth-order valence-corrected chi connectivity index (χ4v) is 5.13. The molecule has 0 bridgehead atoms. The van der Waals surface area contributed by atoms with Gasteiger partial charge in [0.25, 0.3) is 5.91 Å². The second-order valence-corrected chi connectivity index (χ2v) is 9.83. The van der Waals surface area contributed by atoms with Gasteiger partial charge < -0.3 is 29.7 Å². The van der Waals surface area contributed by atoms with Gasteiger partial charge in [0.1, 0.15) is 22.9 Å². The predicted octanol–water partition coefficient (Wildman–Crippen LogP) is 3.93. The van der Waals surface area contributed by atoms with Crippen LogP contribution in [0.4, 0.5) is 17.5 Å². The van der Waals surface area contributed by atoms with Gasteiger partial charge in [-0.25, -0.2) is 9.97 Å². The fourth-order valence-electron chi connectivity index (χ4n) is 5.13. The number of hydrogen-bond acceptors (Lipinski definition) is 8. The molecule has 4 heterocycles. The van der Waals surface area contributed by atoms with Crippen LogP contribution in [0.2, 0.25) is 0 Å². The van der Waals surface area contributed by atoms with Crippen LogP contribution in [0.15, 0.2) is 42.6 Å². The van der Waals surface area contributed by atoms with E-state index in [1.165, 1.54) is 12.8 Å². The lowest BCUT2D eigenvalue weighted by Gasteiger charge is -2.35. The van der Waals surface area contributed by atoms with Gasteiger partial charge in [-0.15, -0.1) is 0 Å². The largest absolute Gasteiger partial charge is 0.511 e. The maximum atomic E-state index is 12.9. The van der Waals surface area contributed by atoms with E-state index in [0.29, 0.717) is 23.2 Å². The van der Waals surface area contributed by atoms with Crippen molar-refractivity contribution < 1.29 is 9.90 Å². The second-order valence-electron chi connectivity index (χ2n) is 9.83. The molecule has 0 spiro atoms. The summed E-state index contributed by atoms with van der Waals surface area (Å²) in [6.07, 6.45) is 9.87. The highest BCUT2D eigenvalue weighted by Crippen LogP contribution is 2.35. The molecule has 10 heteroatoms. The minimum atomic E-state index is -0.0185. The number of anilines is 3. The van der Waals surface area contributed by atoms with E-state index in [1.54, 1.807) is 38.3 Å². The SMILES string of the molecule is C/C(O)=C/N1CCN(c2ccc(Nc3ncc4cc(C(=O)N(C)C)n(C5CCCC5)c4n3)nc2)CC1. The van der Waals surface area contributed by atoms with E-state index in [0.717, 1.165) is 55.7 Å². The summed E-state index contributed by atoms with van der Waals surface area (Å²) in [6, 6.07) is 6.17. The van der Waals surface area contributed by atoms with E-state index in [4.69, 9.17) is 4.98 Å². The lowest BCUT2D eigenvalue weighted by Crippen LogP contribution is -2.44. The zero-order chi connectivity index (χ0) is 25.2. The summed E-state index contributed by atoms with van der Waals surface area (Å²) in [4.78, 5) is 32.8. The van der Waals surface area contributed by atoms with Crippen molar-refractivity contribution in [2.24, 2.45) is 0 Å². The molecule has 36 heavy (non-hydrogen) atoms. The summed E-state index contributed by atoms with van der Waals surface area (Å²) in [5.41, 5.74) is 2.51. The summed E-state index contributed by atoms with van der Waals surface area (Å²) in [7, 11) is 3.56. The topological polar surface area (TPSA) is 103 Å². The molecule has 5 rings (SSSR count). The Labute approximate surface area is 211 Å². The number of piperazine rings is 1. The van der Waals surface area contributed by atoms with Crippen LogP contribution < -0.4 is 10.2 Å². The first-order valence-electron chi connectivity index (χ1n) is 12.6. The number of pyridine rings is 1. The Balaban J connectivity index is 1.34. The van der Waals surface area contributed by atoms with Crippen molar-refractivity contribution in [3.8, 4) is 0 Å². The summed E-state index contributed by atoms with van der Waals surface area (Å²) >= 11 is 0. The van der Waals surface area contributed by atoms with Gasteiger partial charge in [-0.2, -0.15) is 4.98 Å². The molecular weight excluding hydrogens is 456 g/mol. The number of nitrogens with one attached hydrogen (secondary N) is 1. The number of fused-ring (bicyclic) bond motifs is 1. The van der Waals surface area contributed by atoms with Gasteiger partial charge in [0.2, 0.25) is 5.95 Å². The fraction of sp³-hybridized carbons (Fsp3) is 0.462. The number of nitrogens with zero attached hydrogens (tertiary/aromatic N) is 7. The molecule has 1 saturated carbocycles. The molecule has 0 atom stereocenters. The minimum absolute atomic E-state index is 0.0185. The average molecular weight is 491 g/mol. The molecule has 2 aliphatic rings. The molecule has 190 valence electrons. The Kier molecular flexibility index (Phi) is 6.67. The van der Waals surface area contributed by atoms with E-state index in [-0.39, 0.29) is 11.9 Å². The third-order valence-corrected chi connectivity index (χ3v) is 6.93. The number of carbonyl (C=O) groups is 1. The molecule has 1 aliphatic carbocycles. The van der Waals surface area contributed by atoms with E-state index in [1.807, 2.05) is 24.4 Å². The van der Waals surface area contributed by atoms with Crippen LogP contribution in [0.3, 0.4) is 0 Å². The molecule has 3 aromatic heterocycles. The Morgan fingerprint density at radius 1 is 1.11 bits per heavy atom. The number of carbonyl (C=O) groups excluding carboxylic acids is 1. The Morgan fingerprint density at radius 3 is 2.50 bits per heavy atom. The van der Waals surface area contributed by atoms with E-state index >= 15 is 0 Å². The Morgan fingerprint density at radius 2 is 1.86 bits per heavy atom. The molecule has 10 nitrogen and oxygen atoms in total. The first-order chi connectivity index (χ1) is 17.4. The first-order valence-corrected chi connectivity index (χ1v) is 12.6. The number of hydrogen-bond donors (Lipinski definition) is 2. The van der Waals surface area contributed by atoms with Crippen molar-refractivity contribution in [1.29, 1.82) is 0 Å². The van der Waals surface area contributed by atoms with E-state index in [2.05, 4.69) is 29.7 Å². The molecule has 0 radical (unpaired) electrons. The van der Waals surface area contributed by atoms with Crippen LogP contribution in [0.5, 0.6) is 0 Å². The Hall–Kier alpha value is -3.82. The van der Waals surface area contributed by atoms with Gasteiger partial charge in [-0.3, -0.25) is 4.79 Å². The van der Waals surface area contributed by atoms with Crippen molar-refractivity contribution in [2.75, 3.05) is 50.5 Å². The van der Waals surface area contributed by atoms with Crippen LogP contribution in [0.1, 0.15) is 49.1 Å². The normalized spacial score (nSPS) is 17.1. The van der Waals surface area contributed by atoms with Crippen LogP contribution in [-0.2, 0) is 0 Å². The number of allylic oxidation sites excluding steroid dienone is 1. The maximum Gasteiger partial charge on any atom is 0.270 e. The molecule has 2 N–H and O–H groups in total. The van der Waals surface area contributed by atoms with Crippen molar-refractivity contribution in [3.05, 3.63) is 48.2 Å². The van der Waals surface area contributed by atoms with Crippen LogP contribution in [0, 0.1) is 0 Å². The quantitative estimate of drug-likeness (QED) is 0.501. The molecule has 1 aliphatic heterocycles. The molecule has 0 aromatic carbocycles. The summed E-state index contributed by atoms with van der Waals surface area (Å²) < 4.78 is 2.11. The third kappa shape index (κ3) is 4.93. The average Bonchev–Trinajstić information content (AvgIpc) is 3.52. The van der Waals surface area contributed by atoms with Crippen LogP contribution in [0.25, 0.3) is 11.0 Å². The lowest BCUT2D eigenvalue weighted by atomic mass is 10.2. The summed E-state index contributed by atoms with van der Waals surface area (Å²) in [5, 5.41) is 13.6. The highest BCUT2D eigenvalue weighted by atomic mass is 16.3. The number of amides is 1. The molecule has 3 aromatic rings. The van der Waals surface area contributed by atoms with Gasteiger partial charge in [0, 0.05) is 64.1 Å². The standard InChI is InChI=1S/C26H34N8O2/c1-18(35)17-32-10-12-33(13-11-32)21-8-9-23(27-16-21)29-26-28-15-19-14-22(25(36)31(2)3)34(24(19)30-26)20-6-4-5-7-20/h8-9,14-17,20,35H,4-7,10-13H2,1-3H3,(H,27,28,29,30)/b18-17-. The van der Waals surface area contributed by atoms with E-state index in [9.17, 15) is 9.90 Å². The van der Waals surface area contributed by atoms with Crippen LogP contribution in [-0.4, -0.2) is 80.6 Å². The molecular formula is C26H34N8O2. The van der Waals surface area contributed by atoms with Crippen molar-refractivity contribution in [2.45, 2.75) is 38.6 Å². The molecule has 2 fully saturated rings. The first kappa shape index (κ1) is 23.9. The number of rotatable bonds is 6. The second kappa shape index (κ2) is 10.0. The lowest BCUT2D eigenvalue weighted by molar-refractivity contribution is 0.0815. The van der Waals surface area contributed by atoms with Gasteiger partial charge >= 0.3 is 0 Å². The number of aliphatic hydroxyl groups is 1.